The molecule has 1 fully saturated rings. The minimum atomic E-state index is -0.933. The fraction of sp³-hybridized carbons (Fsp3) is 0.500. The highest BCUT2D eigenvalue weighted by atomic mass is 16.7. The van der Waals surface area contributed by atoms with Crippen molar-refractivity contribution in [2.45, 2.75) is 12.5 Å². The van der Waals surface area contributed by atoms with Crippen LogP contribution in [0.25, 0.3) is 0 Å². The van der Waals surface area contributed by atoms with Crippen LogP contribution >= 0.6 is 0 Å². The van der Waals surface area contributed by atoms with Crippen LogP contribution in [0, 0.1) is 5.92 Å². The zero-order chi connectivity index (χ0) is 10.7. The van der Waals surface area contributed by atoms with Gasteiger partial charge in [0.05, 0.1) is 13.2 Å². The lowest BCUT2D eigenvalue weighted by molar-refractivity contribution is -0.0789. The van der Waals surface area contributed by atoms with E-state index in [2.05, 4.69) is 0 Å². The van der Waals surface area contributed by atoms with Crippen molar-refractivity contribution in [1.82, 2.24) is 0 Å². The van der Waals surface area contributed by atoms with E-state index in [0.29, 0.717) is 6.61 Å². The van der Waals surface area contributed by atoms with Crippen LogP contribution in [0.1, 0.15) is 12.5 Å². The standard InChI is InChI=1S/C12H16O3/c1-10-7-14-9-15-8-12(10,13)11-5-3-2-4-6-11/h2-6,10,13H,7-9H2,1H3. The first-order valence-corrected chi connectivity index (χ1v) is 5.17. The molecular weight excluding hydrogens is 192 g/mol. The Labute approximate surface area is 89.6 Å². The lowest BCUT2D eigenvalue weighted by Gasteiger charge is -2.31. The summed E-state index contributed by atoms with van der Waals surface area (Å²) in [4.78, 5) is 0. The monoisotopic (exact) mass is 208 g/mol. The van der Waals surface area contributed by atoms with Gasteiger partial charge in [0.25, 0.3) is 0 Å². The van der Waals surface area contributed by atoms with Crippen LogP contribution in [0.2, 0.25) is 0 Å². The molecule has 3 heteroatoms. The van der Waals surface area contributed by atoms with E-state index in [4.69, 9.17) is 9.47 Å². The van der Waals surface area contributed by atoms with Crippen molar-refractivity contribution >= 4 is 0 Å². The number of benzene rings is 1. The van der Waals surface area contributed by atoms with Gasteiger partial charge in [0, 0.05) is 5.92 Å². The Morgan fingerprint density at radius 1 is 1.27 bits per heavy atom. The van der Waals surface area contributed by atoms with Gasteiger partial charge in [-0.2, -0.15) is 0 Å². The maximum Gasteiger partial charge on any atom is 0.146 e. The fourth-order valence-corrected chi connectivity index (χ4v) is 1.86. The molecule has 0 saturated carbocycles. The molecule has 0 bridgehead atoms. The second kappa shape index (κ2) is 4.31. The van der Waals surface area contributed by atoms with Gasteiger partial charge in [0.1, 0.15) is 12.4 Å². The number of hydrogen-bond acceptors (Lipinski definition) is 3. The zero-order valence-corrected chi connectivity index (χ0v) is 8.85. The van der Waals surface area contributed by atoms with Gasteiger partial charge in [0.2, 0.25) is 0 Å². The third-order valence-electron chi connectivity index (χ3n) is 2.95. The van der Waals surface area contributed by atoms with Crippen LogP contribution in [0.4, 0.5) is 0 Å². The van der Waals surface area contributed by atoms with E-state index in [0.717, 1.165) is 5.56 Å². The summed E-state index contributed by atoms with van der Waals surface area (Å²) in [7, 11) is 0. The Hall–Kier alpha value is -0.900. The van der Waals surface area contributed by atoms with E-state index >= 15 is 0 Å². The van der Waals surface area contributed by atoms with Crippen LogP contribution in [0.5, 0.6) is 0 Å². The van der Waals surface area contributed by atoms with Gasteiger partial charge < -0.3 is 14.6 Å². The van der Waals surface area contributed by atoms with Crippen LogP contribution in [-0.2, 0) is 15.1 Å². The van der Waals surface area contributed by atoms with E-state index in [-0.39, 0.29) is 19.3 Å². The largest absolute Gasteiger partial charge is 0.382 e. The topological polar surface area (TPSA) is 38.7 Å². The highest BCUT2D eigenvalue weighted by Crippen LogP contribution is 2.31. The molecule has 0 aliphatic carbocycles. The molecule has 1 heterocycles. The molecule has 0 radical (unpaired) electrons. The fourth-order valence-electron chi connectivity index (χ4n) is 1.86. The SMILES string of the molecule is CC1COCOCC1(O)c1ccccc1. The lowest BCUT2D eigenvalue weighted by Crippen LogP contribution is -2.38. The molecular formula is C12H16O3. The van der Waals surface area contributed by atoms with E-state index in [1.54, 1.807) is 0 Å². The van der Waals surface area contributed by atoms with Gasteiger partial charge in [-0.3, -0.25) is 0 Å². The maximum atomic E-state index is 10.6. The second-order valence-corrected chi connectivity index (χ2v) is 4.03. The zero-order valence-electron chi connectivity index (χ0n) is 8.85. The summed E-state index contributed by atoms with van der Waals surface area (Å²) in [6, 6.07) is 9.62. The van der Waals surface area contributed by atoms with Crippen LogP contribution < -0.4 is 0 Å². The van der Waals surface area contributed by atoms with Gasteiger partial charge in [-0.05, 0) is 5.56 Å². The number of hydrogen-bond donors (Lipinski definition) is 1. The number of rotatable bonds is 1. The van der Waals surface area contributed by atoms with Gasteiger partial charge >= 0.3 is 0 Å². The predicted octanol–water partition coefficient (Wildman–Crippen LogP) is 1.51. The first-order valence-electron chi connectivity index (χ1n) is 5.17. The van der Waals surface area contributed by atoms with Gasteiger partial charge in [-0.15, -0.1) is 0 Å². The van der Waals surface area contributed by atoms with Crippen molar-refractivity contribution in [3.8, 4) is 0 Å². The normalized spacial score (nSPS) is 32.3. The third-order valence-corrected chi connectivity index (χ3v) is 2.95. The molecule has 1 aliphatic rings. The molecule has 1 aromatic rings. The summed E-state index contributed by atoms with van der Waals surface area (Å²) in [6.45, 7) is 3.05. The van der Waals surface area contributed by atoms with Gasteiger partial charge in [-0.1, -0.05) is 37.3 Å². The first kappa shape index (κ1) is 10.6. The average Bonchev–Trinajstić information content (AvgIpc) is 2.44. The Balaban J connectivity index is 2.30. The van der Waals surface area contributed by atoms with Crippen molar-refractivity contribution in [3.05, 3.63) is 35.9 Å². The van der Waals surface area contributed by atoms with E-state index < -0.39 is 5.60 Å². The van der Waals surface area contributed by atoms with Crippen molar-refractivity contribution in [1.29, 1.82) is 0 Å². The third kappa shape index (κ3) is 2.04. The molecule has 82 valence electrons. The average molecular weight is 208 g/mol. The molecule has 1 aromatic carbocycles. The second-order valence-electron chi connectivity index (χ2n) is 4.03. The lowest BCUT2D eigenvalue weighted by atomic mass is 9.83. The van der Waals surface area contributed by atoms with E-state index in [1.807, 2.05) is 37.3 Å². The summed E-state index contributed by atoms with van der Waals surface area (Å²) < 4.78 is 10.5. The summed E-state index contributed by atoms with van der Waals surface area (Å²) in [5, 5.41) is 10.6. The van der Waals surface area contributed by atoms with Crippen molar-refractivity contribution < 1.29 is 14.6 Å². The minimum Gasteiger partial charge on any atom is -0.382 e. The summed E-state index contributed by atoms with van der Waals surface area (Å²) >= 11 is 0. The summed E-state index contributed by atoms with van der Waals surface area (Å²) in [6.07, 6.45) is 0. The first-order chi connectivity index (χ1) is 7.23. The Bertz CT molecular complexity index is 312. The smallest absolute Gasteiger partial charge is 0.146 e. The molecule has 1 aliphatic heterocycles. The van der Waals surface area contributed by atoms with Crippen molar-refractivity contribution in [2.24, 2.45) is 5.92 Å². The van der Waals surface area contributed by atoms with E-state index in [9.17, 15) is 5.11 Å². The van der Waals surface area contributed by atoms with Gasteiger partial charge in [0.15, 0.2) is 0 Å². The summed E-state index contributed by atoms with van der Waals surface area (Å²) in [5.74, 6) is 0.0300. The summed E-state index contributed by atoms with van der Waals surface area (Å²) in [5.41, 5.74) is -0.0411. The molecule has 15 heavy (non-hydrogen) atoms. The molecule has 0 aromatic heterocycles. The molecule has 0 amide bonds. The van der Waals surface area contributed by atoms with Crippen LogP contribution in [0.15, 0.2) is 30.3 Å². The molecule has 0 spiro atoms. The molecule has 2 atom stereocenters. The van der Waals surface area contributed by atoms with Crippen molar-refractivity contribution in [3.63, 3.8) is 0 Å². The van der Waals surface area contributed by atoms with Crippen LogP contribution in [0.3, 0.4) is 0 Å². The number of ether oxygens (including phenoxy) is 2. The molecule has 2 unspecified atom stereocenters. The highest BCUT2D eigenvalue weighted by molar-refractivity contribution is 5.23. The highest BCUT2D eigenvalue weighted by Gasteiger charge is 2.37. The Morgan fingerprint density at radius 3 is 2.73 bits per heavy atom. The number of aliphatic hydroxyl groups is 1. The maximum absolute atomic E-state index is 10.6. The molecule has 1 saturated heterocycles. The van der Waals surface area contributed by atoms with Gasteiger partial charge in [-0.25, -0.2) is 0 Å². The van der Waals surface area contributed by atoms with Crippen LogP contribution in [-0.4, -0.2) is 25.1 Å². The minimum absolute atomic E-state index is 0.0300. The van der Waals surface area contributed by atoms with Crippen molar-refractivity contribution in [2.75, 3.05) is 20.0 Å². The molecule has 2 rings (SSSR count). The molecule has 3 nitrogen and oxygen atoms in total. The quantitative estimate of drug-likeness (QED) is 0.760. The Morgan fingerprint density at radius 2 is 2.00 bits per heavy atom. The predicted molar refractivity (Wildman–Crippen MR) is 56.3 cm³/mol. The Kier molecular flexibility index (Phi) is 3.05. The molecule has 1 N–H and O–H groups in total. The van der Waals surface area contributed by atoms with E-state index in [1.165, 1.54) is 0 Å².